The van der Waals surface area contributed by atoms with Crippen molar-refractivity contribution in [1.29, 1.82) is 0 Å². The number of rotatable bonds is 5. The number of aryl methyl sites for hydroxylation is 1. The Kier molecular flexibility index (Phi) is 6.26. The van der Waals surface area contributed by atoms with Crippen molar-refractivity contribution in [2.75, 3.05) is 5.32 Å². The van der Waals surface area contributed by atoms with Crippen LogP contribution in [-0.2, 0) is 9.59 Å². The molecule has 0 fully saturated rings. The number of anilines is 1. The largest absolute Gasteiger partial charge is 0.467 e. The van der Waals surface area contributed by atoms with Crippen molar-refractivity contribution in [3.05, 3.63) is 88.8 Å². The van der Waals surface area contributed by atoms with Gasteiger partial charge in [0, 0.05) is 23.6 Å². The Labute approximate surface area is 205 Å². The van der Waals surface area contributed by atoms with E-state index in [2.05, 4.69) is 10.3 Å². The molecule has 0 saturated heterocycles. The molecule has 2 amide bonds. The number of amides is 2. The second-order valence-electron chi connectivity index (χ2n) is 8.09. The highest BCUT2D eigenvalue weighted by molar-refractivity contribution is 8.15. The third-order valence-corrected chi connectivity index (χ3v) is 6.98. The first-order valence-corrected chi connectivity index (χ1v) is 12.0. The summed E-state index contributed by atoms with van der Waals surface area (Å²) in [6.07, 6.45) is 2.22. The zero-order valence-electron chi connectivity index (χ0n) is 18.3. The number of furan rings is 1. The van der Waals surface area contributed by atoms with Gasteiger partial charge in [-0.2, -0.15) is 10.1 Å². The van der Waals surface area contributed by atoms with Crippen LogP contribution in [0.15, 0.2) is 81.4 Å². The van der Waals surface area contributed by atoms with Crippen molar-refractivity contribution < 1.29 is 14.0 Å². The standard InChI is InChI=1S/C25H21ClN4O3S/c1-15-4-10-18(11-5-15)27-23(31)14-22-24(32)28-25(34-22)30-20(21-3-2-12-33-21)13-19(29-30)16-6-8-17(26)9-7-16/h2-12,20,22H,13-14H2,1H3,(H,27,31)/t20-,22+/m1/s1. The molecule has 9 heteroatoms. The van der Waals surface area contributed by atoms with E-state index < -0.39 is 5.25 Å². The Morgan fingerprint density at radius 2 is 1.94 bits per heavy atom. The first kappa shape index (κ1) is 22.4. The first-order chi connectivity index (χ1) is 16.5. The van der Waals surface area contributed by atoms with E-state index in [1.54, 1.807) is 11.3 Å². The zero-order chi connectivity index (χ0) is 23.7. The minimum Gasteiger partial charge on any atom is -0.467 e. The van der Waals surface area contributed by atoms with Gasteiger partial charge in [-0.3, -0.25) is 9.59 Å². The Morgan fingerprint density at radius 1 is 1.18 bits per heavy atom. The number of hydrazone groups is 1. The van der Waals surface area contributed by atoms with Gasteiger partial charge in [0.15, 0.2) is 5.17 Å². The Balaban J connectivity index is 1.32. The number of halogens is 1. The normalized spacial score (nSPS) is 19.8. The highest BCUT2D eigenvalue weighted by Gasteiger charge is 2.40. The van der Waals surface area contributed by atoms with Gasteiger partial charge in [-0.25, -0.2) is 5.01 Å². The monoisotopic (exact) mass is 492 g/mol. The summed E-state index contributed by atoms with van der Waals surface area (Å²) in [7, 11) is 0. The molecule has 0 spiro atoms. The summed E-state index contributed by atoms with van der Waals surface area (Å²) in [5.74, 6) is 0.150. The number of nitrogens with zero attached hydrogens (tertiary/aromatic N) is 3. The third kappa shape index (κ3) is 4.78. The molecule has 3 heterocycles. The average Bonchev–Trinajstić information content (AvgIpc) is 3.56. The van der Waals surface area contributed by atoms with Crippen molar-refractivity contribution >= 4 is 51.7 Å². The molecule has 2 aliphatic heterocycles. The lowest BCUT2D eigenvalue weighted by atomic mass is 10.0. The number of amidine groups is 1. The number of carbonyl (C=O) groups is 2. The van der Waals surface area contributed by atoms with E-state index in [9.17, 15) is 9.59 Å². The van der Waals surface area contributed by atoms with Crippen LogP contribution in [-0.4, -0.2) is 33.0 Å². The van der Waals surface area contributed by atoms with Crippen LogP contribution >= 0.6 is 23.4 Å². The fourth-order valence-corrected chi connectivity index (χ4v) is 5.02. The van der Waals surface area contributed by atoms with Gasteiger partial charge in [-0.05, 0) is 48.9 Å². The second-order valence-corrected chi connectivity index (χ2v) is 9.70. The minimum atomic E-state index is -0.604. The topological polar surface area (TPSA) is 87.3 Å². The minimum absolute atomic E-state index is 0.0252. The van der Waals surface area contributed by atoms with Gasteiger partial charge in [0.1, 0.15) is 17.1 Å². The number of hydrogen-bond acceptors (Lipinski definition) is 6. The van der Waals surface area contributed by atoms with Crippen molar-refractivity contribution in [1.82, 2.24) is 5.01 Å². The van der Waals surface area contributed by atoms with E-state index in [1.807, 2.05) is 67.6 Å². The zero-order valence-corrected chi connectivity index (χ0v) is 19.8. The molecular formula is C25H21ClN4O3S. The maximum Gasteiger partial charge on any atom is 0.262 e. The van der Waals surface area contributed by atoms with Gasteiger partial charge in [0.2, 0.25) is 5.91 Å². The molecule has 1 N–H and O–H groups in total. The molecule has 0 bridgehead atoms. The van der Waals surface area contributed by atoms with Crippen molar-refractivity contribution in [3.63, 3.8) is 0 Å². The molecule has 3 aromatic rings. The van der Waals surface area contributed by atoms with Gasteiger partial charge in [0.25, 0.3) is 5.91 Å². The van der Waals surface area contributed by atoms with Crippen LogP contribution < -0.4 is 5.32 Å². The molecule has 172 valence electrons. The van der Waals surface area contributed by atoms with Crippen LogP contribution in [0.2, 0.25) is 5.02 Å². The number of thioether (sulfide) groups is 1. The summed E-state index contributed by atoms with van der Waals surface area (Å²) < 4.78 is 5.65. The van der Waals surface area contributed by atoms with E-state index in [1.165, 1.54) is 11.8 Å². The molecule has 1 aromatic heterocycles. The van der Waals surface area contributed by atoms with Gasteiger partial charge < -0.3 is 9.73 Å². The highest BCUT2D eigenvalue weighted by atomic mass is 35.5. The quantitative estimate of drug-likeness (QED) is 0.514. The Morgan fingerprint density at radius 3 is 2.65 bits per heavy atom. The maximum absolute atomic E-state index is 12.7. The highest BCUT2D eigenvalue weighted by Crippen LogP contribution is 2.38. The molecule has 2 aliphatic rings. The third-order valence-electron chi connectivity index (χ3n) is 5.59. The molecule has 7 nitrogen and oxygen atoms in total. The molecule has 2 atom stereocenters. The number of carbonyl (C=O) groups excluding carboxylic acids is 2. The molecule has 5 rings (SSSR count). The fourth-order valence-electron chi connectivity index (χ4n) is 3.83. The van der Waals surface area contributed by atoms with Crippen molar-refractivity contribution in [3.8, 4) is 0 Å². The Bertz CT molecular complexity index is 1270. The van der Waals surface area contributed by atoms with E-state index in [4.69, 9.17) is 21.1 Å². The van der Waals surface area contributed by atoms with Crippen LogP contribution in [0.5, 0.6) is 0 Å². The lowest BCUT2D eigenvalue weighted by Crippen LogP contribution is -2.24. The molecule has 0 saturated carbocycles. The summed E-state index contributed by atoms with van der Waals surface area (Å²) in [5.41, 5.74) is 3.58. The molecule has 2 aromatic carbocycles. The number of aliphatic imine (C=N–C) groups is 1. The maximum atomic E-state index is 12.7. The van der Waals surface area contributed by atoms with Gasteiger partial charge in [-0.15, -0.1) is 0 Å². The molecule has 0 unspecified atom stereocenters. The summed E-state index contributed by atoms with van der Waals surface area (Å²) >= 11 is 7.29. The van der Waals surface area contributed by atoms with Crippen molar-refractivity contribution in [2.45, 2.75) is 31.1 Å². The van der Waals surface area contributed by atoms with Crippen LogP contribution in [0, 0.1) is 6.92 Å². The first-order valence-electron chi connectivity index (χ1n) is 10.8. The molecule has 0 radical (unpaired) electrons. The number of nitrogens with one attached hydrogen (secondary N) is 1. The van der Waals surface area contributed by atoms with Crippen LogP contribution in [0.25, 0.3) is 0 Å². The van der Waals surface area contributed by atoms with Gasteiger partial charge in [-0.1, -0.05) is 53.2 Å². The predicted molar refractivity (Wildman–Crippen MR) is 134 cm³/mol. The van der Waals surface area contributed by atoms with Crippen LogP contribution in [0.3, 0.4) is 0 Å². The molecule has 34 heavy (non-hydrogen) atoms. The van der Waals surface area contributed by atoms with Crippen molar-refractivity contribution in [2.24, 2.45) is 10.1 Å². The van der Waals surface area contributed by atoms with Gasteiger partial charge in [0.05, 0.1) is 12.0 Å². The second kappa shape index (κ2) is 9.48. The smallest absolute Gasteiger partial charge is 0.262 e. The fraction of sp³-hybridized carbons (Fsp3) is 0.200. The average molecular weight is 493 g/mol. The lowest BCUT2D eigenvalue weighted by Gasteiger charge is -2.20. The van der Waals surface area contributed by atoms with E-state index in [-0.39, 0.29) is 24.3 Å². The van der Waals surface area contributed by atoms with E-state index >= 15 is 0 Å². The Hall–Kier alpha value is -3.36. The van der Waals surface area contributed by atoms with Crippen LogP contribution in [0.1, 0.15) is 35.8 Å². The summed E-state index contributed by atoms with van der Waals surface area (Å²) in [6, 6.07) is 18.4. The van der Waals surface area contributed by atoms with Gasteiger partial charge >= 0.3 is 0 Å². The van der Waals surface area contributed by atoms with Crippen LogP contribution in [0.4, 0.5) is 5.69 Å². The SMILES string of the molecule is Cc1ccc(NC(=O)C[C@@H]2SC(N3N=C(c4ccc(Cl)cc4)C[C@@H]3c3ccco3)=NC2=O)cc1. The predicted octanol–water partition coefficient (Wildman–Crippen LogP) is 5.42. The number of hydrogen-bond donors (Lipinski definition) is 1. The van der Waals surface area contributed by atoms with E-state index in [0.29, 0.717) is 22.3 Å². The summed E-state index contributed by atoms with van der Waals surface area (Å²) in [4.78, 5) is 29.4. The summed E-state index contributed by atoms with van der Waals surface area (Å²) in [6.45, 7) is 1.98. The molecular weight excluding hydrogens is 472 g/mol. The summed E-state index contributed by atoms with van der Waals surface area (Å²) in [5, 5.41) is 9.85. The lowest BCUT2D eigenvalue weighted by molar-refractivity contribution is -0.121. The van der Waals surface area contributed by atoms with E-state index in [0.717, 1.165) is 22.6 Å². The number of benzene rings is 2. The molecule has 0 aliphatic carbocycles.